The van der Waals surface area contributed by atoms with Crippen molar-refractivity contribution in [2.75, 3.05) is 25.6 Å². The molecule has 2 aromatic rings. The summed E-state index contributed by atoms with van der Waals surface area (Å²) in [5.41, 5.74) is 6.18. The van der Waals surface area contributed by atoms with Crippen LogP contribution in [0.5, 0.6) is 11.5 Å². The summed E-state index contributed by atoms with van der Waals surface area (Å²) in [5, 5.41) is 2.57. The van der Waals surface area contributed by atoms with Crippen LogP contribution in [0.2, 0.25) is 0 Å². The molecule has 0 atom stereocenters. The molecule has 8 heteroatoms. The van der Waals surface area contributed by atoms with E-state index < -0.39 is 24.4 Å². The van der Waals surface area contributed by atoms with Crippen molar-refractivity contribution in [3.05, 3.63) is 53.6 Å². The molecule has 2 aromatic carbocycles. The molecule has 0 aliphatic heterocycles. The summed E-state index contributed by atoms with van der Waals surface area (Å²) >= 11 is 0. The SMILES string of the molecule is COc1cc(C(=O)OCC(=O)Nc2ccc(C(N)=O)cc2)ccc1OCCC(C)C. The lowest BCUT2D eigenvalue weighted by Gasteiger charge is -2.13. The second-order valence-corrected chi connectivity index (χ2v) is 6.96. The summed E-state index contributed by atoms with van der Waals surface area (Å²) < 4.78 is 16.0. The standard InChI is InChI=1S/C22H26N2O6/c1-14(2)10-11-29-18-9-6-16(12-19(18)28-3)22(27)30-13-20(25)24-17-7-4-15(5-8-17)21(23)26/h4-9,12,14H,10-11,13H2,1-3H3,(H2,23,26)(H,24,25). The molecule has 0 saturated heterocycles. The van der Waals surface area contributed by atoms with Crippen LogP contribution in [-0.2, 0) is 9.53 Å². The average Bonchev–Trinajstić information content (AvgIpc) is 2.72. The summed E-state index contributed by atoms with van der Waals surface area (Å²) in [4.78, 5) is 35.3. The number of methoxy groups -OCH3 is 1. The zero-order valence-electron chi connectivity index (χ0n) is 17.3. The maximum Gasteiger partial charge on any atom is 0.338 e. The molecule has 2 rings (SSSR count). The molecule has 3 N–H and O–H groups in total. The van der Waals surface area contributed by atoms with Crippen LogP contribution in [0.25, 0.3) is 0 Å². The van der Waals surface area contributed by atoms with E-state index in [1.807, 2.05) is 0 Å². The molecular formula is C22H26N2O6. The average molecular weight is 414 g/mol. The Morgan fingerprint density at radius 1 is 1.00 bits per heavy atom. The highest BCUT2D eigenvalue weighted by molar-refractivity contribution is 5.97. The third kappa shape index (κ3) is 6.80. The van der Waals surface area contributed by atoms with E-state index in [1.165, 1.54) is 37.4 Å². The van der Waals surface area contributed by atoms with Gasteiger partial charge in [-0.25, -0.2) is 4.79 Å². The van der Waals surface area contributed by atoms with Gasteiger partial charge in [0.25, 0.3) is 5.91 Å². The van der Waals surface area contributed by atoms with Crippen molar-refractivity contribution in [1.82, 2.24) is 0 Å². The van der Waals surface area contributed by atoms with Crippen molar-refractivity contribution < 1.29 is 28.6 Å². The number of nitrogens with two attached hydrogens (primary N) is 1. The molecule has 0 heterocycles. The first-order valence-corrected chi connectivity index (χ1v) is 9.47. The number of esters is 1. The number of ether oxygens (including phenoxy) is 3. The van der Waals surface area contributed by atoms with Gasteiger partial charge in [0.1, 0.15) is 0 Å². The molecule has 0 bridgehead atoms. The maximum atomic E-state index is 12.3. The van der Waals surface area contributed by atoms with Crippen molar-refractivity contribution >= 4 is 23.5 Å². The molecule has 8 nitrogen and oxygen atoms in total. The van der Waals surface area contributed by atoms with Crippen molar-refractivity contribution in [2.45, 2.75) is 20.3 Å². The third-order valence-corrected chi connectivity index (χ3v) is 4.14. The van der Waals surface area contributed by atoms with Gasteiger partial charge in [0.05, 0.1) is 19.3 Å². The number of rotatable bonds is 10. The van der Waals surface area contributed by atoms with Gasteiger partial charge in [-0.2, -0.15) is 0 Å². The number of amides is 2. The van der Waals surface area contributed by atoms with Crippen molar-refractivity contribution in [3.8, 4) is 11.5 Å². The topological polar surface area (TPSA) is 117 Å². The highest BCUT2D eigenvalue weighted by atomic mass is 16.5. The highest BCUT2D eigenvalue weighted by Crippen LogP contribution is 2.28. The minimum atomic E-state index is -0.666. The Morgan fingerprint density at radius 2 is 1.67 bits per heavy atom. The molecule has 0 unspecified atom stereocenters. The van der Waals surface area contributed by atoms with Crippen LogP contribution in [0.3, 0.4) is 0 Å². The quantitative estimate of drug-likeness (QED) is 0.577. The van der Waals surface area contributed by atoms with Gasteiger partial charge in [0.15, 0.2) is 18.1 Å². The largest absolute Gasteiger partial charge is 0.493 e. The van der Waals surface area contributed by atoms with Crippen LogP contribution in [0.1, 0.15) is 41.0 Å². The number of benzene rings is 2. The van der Waals surface area contributed by atoms with Crippen molar-refractivity contribution in [1.29, 1.82) is 0 Å². The first kappa shape index (κ1) is 22.7. The fourth-order valence-electron chi connectivity index (χ4n) is 2.45. The number of carbonyl (C=O) groups is 3. The summed E-state index contributed by atoms with van der Waals surface area (Å²) in [6.45, 7) is 4.28. The first-order chi connectivity index (χ1) is 14.3. The van der Waals surface area contributed by atoms with E-state index in [0.29, 0.717) is 35.3 Å². The Kier molecular flexibility index (Phi) is 8.22. The van der Waals surface area contributed by atoms with E-state index in [-0.39, 0.29) is 5.56 Å². The van der Waals surface area contributed by atoms with Crippen molar-refractivity contribution in [2.24, 2.45) is 11.7 Å². The summed E-state index contributed by atoms with van der Waals surface area (Å²) in [6, 6.07) is 10.7. The smallest absolute Gasteiger partial charge is 0.338 e. The molecule has 0 fully saturated rings. The molecule has 0 spiro atoms. The lowest BCUT2D eigenvalue weighted by atomic mass is 10.1. The Morgan fingerprint density at radius 3 is 2.27 bits per heavy atom. The van der Waals surface area contributed by atoms with Crippen LogP contribution in [0.15, 0.2) is 42.5 Å². The van der Waals surface area contributed by atoms with Gasteiger partial charge in [0.2, 0.25) is 5.91 Å². The molecular weight excluding hydrogens is 388 g/mol. The van der Waals surface area contributed by atoms with Gasteiger partial charge in [0, 0.05) is 11.3 Å². The maximum absolute atomic E-state index is 12.3. The fraction of sp³-hybridized carbons (Fsp3) is 0.318. The molecule has 0 aromatic heterocycles. The molecule has 0 saturated carbocycles. The van der Waals surface area contributed by atoms with Crippen LogP contribution < -0.4 is 20.5 Å². The Balaban J connectivity index is 1.90. The van der Waals surface area contributed by atoms with Gasteiger partial charge in [-0.05, 0) is 54.8 Å². The van der Waals surface area contributed by atoms with E-state index in [2.05, 4.69) is 19.2 Å². The van der Waals surface area contributed by atoms with Crippen LogP contribution >= 0.6 is 0 Å². The Bertz CT molecular complexity index is 893. The van der Waals surface area contributed by atoms with Crippen LogP contribution in [-0.4, -0.2) is 38.1 Å². The van der Waals surface area contributed by atoms with Gasteiger partial charge in [-0.3, -0.25) is 9.59 Å². The Hall–Kier alpha value is -3.55. The lowest BCUT2D eigenvalue weighted by molar-refractivity contribution is -0.119. The highest BCUT2D eigenvalue weighted by Gasteiger charge is 2.14. The number of hydrogen-bond acceptors (Lipinski definition) is 6. The van der Waals surface area contributed by atoms with Gasteiger partial charge < -0.3 is 25.3 Å². The number of primary amides is 1. The van der Waals surface area contributed by atoms with Gasteiger partial charge in [-0.15, -0.1) is 0 Å². The molecule has 0 aliphatic carbocycles. The second-order valence-electron chi connectivity index (χ2n) is 6.96. The normalized spacial score (nSPS) is 10.4. The monoisotopic (exact) mass is 414 g/mol. The number of anilines is 1. The lowest BCUT2D eigenvalue weighted by Crippen LogP contribution is -2.21. The van der Waals surface area contributed by atoms with Crippen LogP contribution in [0.4, 0.5) is 5.69 Å². The molecule has 2 amide bonds. The summed E-state index contributed by atoms with van der Waals surface area (Å²) in [7, 11) is 1.48. The number of carbonyl (C=O) groups excluding carboxylic acids is 3. The second kappa shape index (κ2) is 10.8. The summed E-state index contributed by atoms with van der Waals surface area (Å²) in [6.07, 6.45) is 0.896. The van der Waals surface area contributed by atoms with E-state index in [0.717, 1.165) is 6.42 Å². The fourth-order valence-corrected chi connectivity index (χ4v) is 2.45. The minimum absolute atomic E-state index is 0.238. The summed E-state index contributed by atoms with van der Waals surface area (Å²) in [5.74, 6) is -0.290. The zero-order valence-corrected chi connectivity index (χ0v) is 17.3. The molecule has 0 aliphatic rings. The predicted molar refractivity (Wildman–Crippen MR) is 112 cm³/mol. The minimum Gasteiger partial charge on any atom is -0.493 e. The van der Waals surface area contributed by atoms with Gasteiger partial charge in [-0.1, -0.05) is 13.8 Å². The molecule has 160 valence electrons. The van der Waals surface area contributed by atoms with Crippen molar-refractivity contribution in [3.63, 3.8) is 0 Å². The molecule has 30 heavy (non-hydrogen) atoms. The third-order valence-electron chi connectivity index (χ3n) is 4.14. The predicted octanol–water partition coefficient (Wildman–Crippen LogP) is 3.01. The van der Waals surface area contributed by atoms with E-state index in [4.69, 9.17) is 19.9 Å². The Labute approximate surface area is 175 Å². The van der Waals surface area contributed by atoms with Gasteiger partial charge >= 0.3 is 5.97 Å². The zero-order chi connectivity index (χ0) is 22.1. The van der Waals surface area contributed by atoms with Crippen LogP contribution in [0, 0.1) is 5.92 Å². The first-order valence-electron chi connectivity index (χ1n) is 9.47. The van der Waals surface area contributed by atoms with E-state index in [9.17, 15) is 14.4 Å². The van der Waals surface area contributed by atoms with E-state index >= 15 is 0 Å². The number of nitrogens with one attached hydrogen (secondary N) is 1. The number of hydrogen-bond donors (Lipinski definition) is 2. The molecule has 0 radical (unpaired) electrons. The van der Waals surface area contributed by atoms with E-state index in [1.54, 1.807) is 12.1 Å².